The molecule has 1 aliphatic rings. The van der Waals surface area contributed by atoms with Gasteiger partial charge in [-0.3, -0.25) is 4.98 Å². The number of rotatable bonds is 5. The van der Waals surface area contributed by atoms with Crippen molar-refractivity contribution in [2.75, 3.05) is 13.6 Å². The Morgan fingerprint density at radius 3 is 2.61 bits per heavy atom. The monoisotopic (exact) mass is 269 g/mol. The van der Waals surface area contributed by atoms with Crippen LogP contribution in [0.5, 0.6) is 0 Å². The van der Waals surface area contributed by atoms with E-state index in [4.69, 9.17) is 5.73 Å². The van der Waals surface area contributed by atoms with Crippen molar-refractivity contribution in [2.24, 2.45) is 17.6 Å². The van der Waals surface area contributed by atoms with Crippen LogP contribution in [0.25, 0.3) is 0 Å². The summed E-state index contributed by atoms with van der Waals surface area (Å²) in [5.74, 6) is 1.14. The molecule has 6 heteroatoms. The molecule has 0 spiro atoms. The van der Waals surface area contributed by atoms with Gasteiger partial charge >= 0.3 is 0 Å². The molecule has 0 radical (unpaired) electrons. The minimum absolute atomic E-state index is 0.232. The summed E-state index contributed by atoms with van der Waals surface area (Å²) in [5.41, 5.74) is 6.12. The van der Waals surface area contributed by atoms with Crippen LogP contribution in [0.3, 0.4) is 0 Å². The lowest BCUT2D eigenvalue weighted by Gasteiger charge is -2.16. The Morgan fingerprint density at radius 2 is 2.17 bits per heavy atom. The van der Waals surface area contributed by atoms with Gasteiger partial charge in [-0.15, -0.1) is 0 Å². The van der Waals surface area contributed by atoms with Crippen LogP contribution < -0.4 is 5.73 Å². The molecular formula is C12H19N3O2S. The van der Waals surface area contributed by atoms with Crippen LogP contribution in [-0.4, -0.2) is 31.3 Å². The summed E-state index contributed by atoms with van der Waals surface area (Å²) in [6.45, 7) is 3.04. The number of hydrogen-bond donors (Lipinski definition) is 1. The fraction of sp³-hybridized carbons (Fsp3) is 0.583. The van der Waals surface area contributed by atoms with Crippen molar-refractivity contribution in [1.29, 1.82) is 0 Å². The highest BCUT2D eigenvalue weighted by Crippen LogP contribution is 2.38. The summed E-state index contributed by atoms with van der Waals surface area (Å²) in [7, 11) is -1.79. The second kappa shape index (κ2) is 4.95. The number of hydrogen-bond acceptors (Lipinski definition) is 4. The SMILES string of the molecule is CC1CC1CN(C)S(=O)(=O)c1ccc(CN)nc1. The summed E-state index contributed by atoms with van der Waals surface area (Å²) in [5, 5.41) is 0. The summed E-state index contributed by atoms with van der Waals surface area (Å²) in [6.07, 6.45) is 2.49. The van der Waals surface area contributed by atoms with Crippen molar-refractivity contribution in [3.05, 3.63) is 24.0 Å². The number of aromatic nitrogens is 1. The fourth-order valence-electron chi connectivity index (χ4n) is 1.95. The second-order valence-electron chi connectivity index (χ2n) is 4.95. The molecule has 1 saturated carbocycles. The zero-order valence-corrected chi connectivity index (χ0v) is 11.5. The Labute approximate surface area is 108 Å². The molecule has 0 aromatic carbocycles. The van der Waals surface area contributed by atoms with E-state index in [1.54, 1.807) is 19.2 Å². The molecule has 18 heavy (non-hydrogen) atoms. The van der Waals surface area contributed by atoms with E-state index in [1.807, 2.05) is 0 Å². The van der Waals surface area contributed by atoms with Crippen LogP contribution in [0.2, 0.25) is 0 Å². The van der Waals surface area contributed by atoms with E-state index in [0.717, 1.165) is 6.42 Å². The van der Waals surface area contributed by atoms with E-state index in [2.05, 4.69) is 11.9 Å². The topological polar surface area (TPSA) is 76.3 Å². The zero-order chi connectivity index (χ0) is 13.3. The maximum Gasteiger partial charge on any atom is 0.244 e. The smallest absolute Gasteiger partial charge is 0.244 e. The first kappa shape index (κ1) is 13.5. The first-order valence-electron chi connectivity index (χ1n) is 6.06. The normalized spacial score (nSPS) is 23.3. The molecule has 2 N–H and O–H groups in total. The van der Waals surface area contributed by atoms with Gasteiger partial charge in [-0.25, -0.2) is 12.7 Å². The zero-order valence-electron chi connectivity index (χ0n) is 10.7. The van der Waals surface area contributed by atoms with Crippen molar-refractivity contribution < 1.29 is 8.42 Å². The van der Waals surface area contributed by atoms with Crippen molar-refractivity contribution in [3.8, 4) is 0 Å². The molecule has 2 atom stereocenters. The van der Waals surface area contributed by atoms with Crippen molar-refractivity contribution in [3.63, 3.8) is 0 Å². The Kier molecular flexibility index (Phi) is 3.70. The molecule has 2 rings (SSSR count). The van der Waals surface area contributed by atoms with E-state index >= 15 is 0 Å². The molecule has 1 aliphatic carbocycles. The molecule has 0 amide bonds. The van der Waals surface area contributed by atoms with Crippen molar-refractivity contribution >= 4 is 10.0 Å². The molecule has 0 aliphatic heterocycles. The van der Waals surface area contributed by atoms with Gasteiger partial charge in [0.2, 0.25) is 10.0 Å². The maximum absolute atomic E-state index is 12.3. The quantitative estimate of drug-likeness (QED) is 0.858. The lowest BCUT2D eigenvalue weighted by Crippen LogP contribution is -2.29. The Balaban J connectivity index is 2.13. The first-order valence-corrected chi connectivity index (χ1v) is 7.50. The van der Waals surface area contributed by atoms with E-state index in [1.165, 1.54) is 10.5 Å². The van der Waals surface area contributed by atoms with Crippen molar-refractivity contribution in [2.45, 2.75) is 24.8 Å². The van der Waals surface area contributed by atoms with Crippen LogP contribution in [0, 0.1) is 11.8 Å². The third-order valence-electron chi connectivity index (χ3n) is 3.48. The first-order chi connectivity index (χ1) is 8.45. The van der Waals surface area contributed by atoms with Crippen LogP contribution in [0.1, 0.15) is 19.0 Å². The molecule has 1 aromatic rings. The van der Waals surface area contributed by atoms with E-state index in [-0.39, 0.29) is 4.90 Å². The van der Waals surface area contributed by atoms with E-state index in [0.29, 0.717) is 30.6 Å². The summed E-state index contributed by atoms with van der Waals surface area (Å²) < 4.78 is 25.9. The highest BCUT2D eigenvalue weighted by atomic mass is 32.2. The molecular weight excluding hydrogens is 250 g/mol. The molecule has 5 nitrogen and oxygen atoms in total. The molecule has 0 saturated heterocycles. The molecule has 1 aromatic heterocycles. The van der Waals surface area contributed by atoms with Crippen LogP contribution >= 0.6 is 0 Å². The predicted octanol–water partition coefficient (Wildman–Crippen LogP) is 0.817. The Morgan fingerprint density at radius 1 is 1.50 bits per heavy atom. The highest BCUT2D eigenvalue weighted by molar-refractivity contribution is 7.89. The summed E-state index contributed by atoms with van der Waals surface area (Å²) in [4.78, 5) is 4.26. The van der Waals surface area contributed by atoms with Gasteiger partial charge < -0.3 is 5.73 Å². The van der Waals surface area contributed by atoms with Gasteiger partial charge in [0.05, 0.1) is 5.69 Å². The minimum atomic E-state index is -3.41. The molecule has 1 fully saturated rings. The van der Waals surface area contributed by atoms with Crippen LogP contribution in [0.4, 0.5) is 0 Å². The van der Waals surface area contributed by atoms with Gasteiger partial charge in [-0.2, -0.15) is 0 Å². The fourth-order valence-corrected chi connectivity index (χ4v) is 3.12. The van der Waals surface area contributed by atoms with Gasteiger partial charge in [-0.1, -0.05) is 6.92 Å². The maximum atomic E-state index is 12.3. The Bertz CT molecular complexity index is 513. The van der Waals surface area contributed by atoms with E-state index < -0.39 is 10.0 Å². The summed E-state index contributed by atoms with van der Waals surface area (Å²) in [6, 6.07) is 3.22. The lowest BCUT2D eigenvalue weighted by molar-refractivity contribution is 0.444. The predicted molar refractivity (Wildman–Crippen MR) is 69.2 cm³/mol. The molecule has 100 valence electrons. The van der Waals surface area contributed by atoms with Gasteiger partial charge in [-0.05, 0) is 30.4 Å². The average Bonchev–Trinajstić information content (AvgIpc) is 3.05. The Hall–Kier alpha value is -0.980. The van der Waals surface area contributed by atoms with Gasteiger partial charge in [0.25, 0.3) is 0 Å². The number of sulfonamides is 1. The molecule has 2 unspecified atom stereocenters. The lowest BCUT2D eigenvalue weighted by atomic mass is 10.3. The summed E-state index contributed by atoms with van der Waals surface area (Å²) >= 11 is 0. The largest absolute Gasteiger partial charge is 0.325 e. The number of nitrogens with zero attached hydrogens (tertiary/aromatic N) is 2. The third kappa shape index (κ3) is 2.71. The van der Waals surface area contributed by atoms with Gasteiger partial charge in [0.15, 0.2) is 0 Å². The van der Waals surface area contributed by atoms with Crippen molar-refractivity contribution in [1.82, 2.24) is 9.29 Å². The third-order valence-corrected chi connectivity index (χ3v) is 5.29. The molecule has 1 heterocycles. The second-order valence-corrected chi connectivity index (χ2v) is 6.99. The van der Waals surface area contributed by atoms with Crippen LogP contribution in [0.15, 0.2) is 23.2 Å². The molecule has 0 bridgehead atoms. The number of nitrogens with two attached hydrogens (primary N) is 1. The standard InChI is InChI=1S/C12H19N3O2S/c1-9-5-10(9)8-15(2)18(16,17)12-4-3-11(6-13)14-7-12/h3-4,7,9-10H,5-6,8,13H2,1-2H3. The average molecular weight is 269 g/mol. The minimum Gasteiger partial charge on any atom is -0.325 e. The number of pyridine rings is 1. The van der Waals surface area contributed by atoms with Gasteiger partial charge in [0.1, 0.15) is 4.90 Å². The van der Waals surface area contributed by atoms with Crippen LogP contribution in [-0.2, 0) is 16.6 Å². The highest BCUT2D eigenvalue weighted by Gasteiger charge is 2.36. The van der Waals surface area contributed by atoms with E-state index in [9.17, 15) is 8.42 Å². The van der Waals surface area contributed by atoms with Gasteiger partial charge in [0, 0.05) is 26.3 Å².